The topological polar surface area (TPSA) is 125 Å². The average Bonchev–Trinajstić information content (AvgIpc) is 1.87. The van der Waals surface area contributed by atoms with Gasteiger partial charge in [-0.3, -0.25) is 0 Å². The molecule has 0 saturated heterocycles. The van der Waals surface area contributed by atoms with Crippen molar-refractivity contribution < 1.29 is 20.1 Å². The van der Waals surface area contributed by atoms with Crippen LogP contribution in [0.5, 0.6) is 0 Å². The maximum absolute atomic E-state index is 8.56. The molecule has 0 aliphatic rings. The molecule has 0 bridgehead atoms. The lowest BCUT2D eigenvalue weighted by molar-refractivity contribution is 0.137. The van der Waals surface area contributed by atoms with Crippen molar-refractivity contribution in [3.8, 4) is 12.1 Å². The second-order valence-corrected chi connectivity index (χ2v) is 1.29. The summed E-state index contributed by atoms with van der Waals surface area (Å²) in [7, 11) is 0. The number of carboxylic acid groups (broad SMARTS) is 2. The molecule has 6 heteroatoms. The van der Waals surface area contributed by atoms with Crippen LogP contribution in [-0.4, -0.2) is 27.6 Å². The van der Waals surface area contributed by atoms with Gasteiger partial charge >= 0.3 is 6.16 Å². The summed E-state index contributed by atoms with van der Waals surface area (Å²) in [6.07, 6.45) is -3.04. The van der Waals surface area contributed by atoms with Gasteiger partial charge in [-0.15, -0.1) is 0 Å². The molecule has 6 nitrogen and oxygen atoms in total. The molecule has 60 valence electrons. The monoisotopic (exact) mass is 158 g/mol. The normalized spacial score (nSPS) is 9.36. The summed E-state index contributed by atoms with van der Waals surface area (Å²) < 4.78 is 0. The van der Waals surface area contributed by atoms with Gasteiger partial charge < -0.3 is 15.3 Å². The molecule has 0 aliphatic carbocycles. The molecule has 3 N–H and O–H groups in total. The minimum absolute atomic E-state index is 0.101. The Bertz CT molecular complexity index is 186. The number of hydrogen-bond donors (Lipinski definition) is 3. The van der Waals surface area contributed by atoms with E-state index in [2.05, 4.69) is 0 Å². The number of hydrogen-bond acceptors (Lipinski definition) is 4. The molecule has 0 saturated carbocycles. The Morgan fingerprint density at radius 2 is 1.82 bits per heavy atom. The smallest absolute Gasteiger partial charge is 0.450 e. The van der Waals surface area contributed by atoms with Crippen molar-refractivity contribution in [2.45, 2.75) is 12.5 Å². The molecule has 1 atom stereocenters. The fourth-order valence-electron chi connectivity index (χ4n) is 0.132. The molecule has 0 aromatic heterocycles. The molecule has 0 radical (unpaired) electrons. The maximum Gasteiger partial charge on any atom is 0.503 e. The van der Waals surface area contributed by atoms with Crippen molar-refractivity contribution in [3.63, 3.8) is 0 Å². The predicted octanol–water partition coefficient (Wildman–Crippen LogP) is 0.00696. The van der Waals surface area contributed by atoms with Crippen LogP contribution in [0.1, 0.15) is 6.42 Å². The number of rotatable bonds is 1. The third kappa shape index (κ3) is 30.7. The van der Waals surface area contributed by atoms with Gasteiger partial charge in [0.2, 0.25) is 0 Å². The third-order valence-corrected chi connectivity index (χ3v) is 0.434. The largest absolute Gasteiger partial charge is 0.503 e. The Labute approximate surface area is 62.5 Å². The quantitative estimate of drug-likeness (QED) is 0.461. The molecule has 0 rings (SSSR count). The zero-order valence-corrected chi connectivity index (χ0v) is 5.43. The Morgan fingerprint density at radius 1 is 1.45 bits per heavy atom. The van der Waals surface area contributed by atoms with Gasteiger partial charge in [-0.25, -0.2) is 4.79 Å². The summed E-state index contributed by atoms with van der Waals surface area (Å²) in [5, 5.41) is 37.8. The SMILES string of the molecule is N#CCC(O)C#N.O=C(O)O. The van der Waals surface area contributed by atoms with Crippen LogP contribution in [0.15, 0.2) is 0 Å². The van der Waals surface area contributed by atoms with E-state index in [4.69, 9.17) is 30.6 Å². The van der Waals surface area contributed by atoms with E-state index in [1.165, 1.54) is 6.07 Å². The molecular weight excluding hydrogens is 152 g/mol. The Morgan fingerprint density at radius 3 is 1.91 bits per heavy atom. The van der Waals surface area contributed by atoms with E-state index in [0.717, 1.165) is 0 Å². The highest BCUT2D eigenvalue weighted by molar-refractivity contribution is 5.53. The summed E-state index contributed by atoms with van der Waals surface area (Å²) in [4.78, 5) is 8.56. The van der Waals surface area contributed by atoms with Crippen molar-refractivity contribution >= 4 is 6.16 Å². The number of nitrogens with zero attached hydrogens (tertiary/aromatic N) is 2. The fraction of sp³-hybridized carbons (Fsp3) is 0.400. The number of carbonyl (C=O) groups is 1. The highest BCUT2D eigenvalue weighted by atomic mass is 16.6. The van der Waals surface area contributed by atoms with Crippen LogP contribution in [0.4, 0.5) is 4.79 Å². The van der Waals surface area contributed by atoms with Crippen LogP contribution in [0.25, 0.3) is 0 Å². The molecule has 0 fully saturated rings. The standard InChI is InChI=1S/C4H4N2O.CH2O3/c5-2-1-4(7)3-6;2-1(3)4/h4,7H,1H2;(H2,2,3,4). The van der Waals surface area contributed by atoms with Gasteiger partial charge in [-0.2, -0.15) is 10.5 Å². The van der Waals surface area contributed by atoms with Gasteiger partial charge in [0.05, 0.1) is 18.6 Å². The lowest BCUT2D eigenvalue weighted by atomic mass is 10.3. The van der Waals surface area contributed by atoms with Crippen LogP contribution in [0, 0.1) is 22.7 Å². The number of aliphatic hydroxyl groups excluding tert-OH is 1. The summed E-state index contributed by atoms with van der Waals surface area (Å²) >= 11 is 0. The first-order valence-corrected chi connectivity index (χ1v) is 2.41. The molecule has 0 aliphatic heterocycles. The van der Waals surface area contributed by atoms with E-state index < -0.39 is 12.3 Å². The predicted molar refractivity (Wildman–Crippen MR) is 32.5 cm³/mol. The van der Waals surface area contributed by atoms with E-state index >= 15 is 0 Å². The van der Waals surface area contributed by atoms with Crippen molar-refractivity contribution in [3.05, 3.63) is 0 Å². The molecule has 11 heavy (non-hydrogen) atoms. The lowest BCUT2D eigenvalue weighted by Crippen LogP contribution is -1.98. The van der Waals surface area contributed by atoms with E-state index in [-0.39, 0.29) is 6.42 Å². The first-order chi connectivity index (χ1) is 5.04. The van der Waals surface area contributed by atoms with Crippen molar-refractivity contribution in [2.75, 3.05) is 0 Å². The lowest BCUT2D eigenvalue weighted by Gasteiger charge is -1.85. The zero-order chi connectivity index (χ0) is 9.28. The molecule has 0 spiro atoms. The van der Waals surface area contributed by atoms with Crippen LogP contribution in [-0.2, 0) is 0 Å². The van der Waals surface area contributed by atoms with E-state index in [1.54, 1.807) is 6.07 Å². The van der Waals surface area contributed by atoms with E-state index in [1.807, 2.05) is 0 Å². The van der Waals surface area contributed by atoms with E-state index in [9.17, 15) is 0 Å². The highest BCUT2D eigenvalue weighted by Gasteiger charge is 1.95. The van der Waals surface area contributed by atoms with Crippen LogP contribution in [0.3, 0.4) is 0 Å². The second-order valence-electron chi connectivity index (χ2n) is 1.29. The van der Waals surface area contributed by atoms with Crippen LogP contribution < -0.4 is 0 Å². The average molecular weight is 158 g/mol. The second kappa shape index (κ2) is 8.21. The highest BCUT2D eigenvalue weighted by Crippen LogP contribution is 1.82. The summed E-state index contributed by atoms with van der Waals surface area (Å²) in [6, 6.07) is 3.14. The van der Waals surface area contributed by atoms with Gasteiger partial charge in [-0.05, 0) is 0 Å². The van der Waals surface area contributed by atoms with Crippen LogP contribution in [0.2, 0.25) is 0 Å². The molecule has 0 aromatic carbocycles. The molecule has 0 amide bonds. The summed E-state index contributed by atoms with van der Waals surface area (Å²) in [5.74, 6) is 0. The Kier molecular flexibility index (Phi) is 8.91. The van der Waals surface area contributed by atoms with E-state index in [0.29, 0.717) is 0 Å². The summed E-state index contributed by atoms with van der Waals surface area (Å²) in [6.45, 7) is 0. The third-order valence-electron chi connectivity index (χ3n) is 0.434. The molecule has 0 heterocycles. The minimum atomic E-state index is -1.83. The van der Waals surface area contributed by atoms with Crippen molar-refractivity contribution in [1.82, 2.24) is 0 Å². The van der Waals surface area contributed by atoms with Gasteiger partial charge in [0.15, 0.2) is 6.10 Å². The Balaban J connectivity index is 0. The van der Waals surface area contributed by atoms with Crippen molar-refractivity contribution in [2.24, 2.45) is 0 Å². The maximum atomic E-state index is 8.56. The van der Waals surface area contributed by atoms with Gasteiger partial charge in [0, 0.05) is 0 Å². The van der Waals surface area contributed by atoms with Gasteiger partial charge in [0.1, 0.15) is 0 Å². The molecule has 1 unspecified atom stereocenters. The first-order valence-electron chi connectivity index (χ1n) is 2.41. The fourth-order valence-corrected chi connectivity index (χ4v) is 0.132. The van der Waals surface area contributed by atoms with Crippen molar-refractivity contribution in [1.29, 1.82) is 10.5 Å². The molecule has 0 aromatic rings. The van der Waals surface area contributed by atoms with Gasteiger partial charge in [-0.1, -0.05) is 0 Å². The minimum Gasteiger partial charge on any atom is -0.450 e. The zero-order valence-electron chi connectivity index (χ0n) is 5.43. The Hall–Kier alpha value is -1.79. The first kappa shape index (κ1) is 11.9. The number of aliphatic hydroxyl groups is 1. The number of nitriles is 2. The molecular formula is C5H6N2O4. The van der Waals surface area contributed by atoms with Crippen LogP contribution >= 0.6 is 0 Å². The van der Waals surface area contributed by atoms with Gasteiger partial charge in [0.25, 0.3) is 0 Å². The summed E-state index contributed by atoms with van der Waals surface area (Å²) in [5.41, 5.74) is 0.